The van der Waals surface area contributed by atoms with E-state index in [1.165, 1.54) is 12.8 Å². The van der Waals surface area contributed by atoms with Crippen molar-refractivity contribution in [1.29, 1.82) is 0 Å². The van der Waals surface area contributed by atoms with Crippen molar-refractivity contribution in [2.75, 3.05) is 18.0 Å². The molecule has 0 aromatic carbocycles. The van der Waals surface area contributed by atoms with Crippen molar-refractivity contribution >= 4 is 17.4 Å². The van der Waals surface area contributed by atoms with E-state index in [9.17, 15) is 4.39 Å². The molecule has 1 aromatic heterocycles. The second kappa shape index (κ2) is 5.39. The number of nitrogens with zero attached hydrogens (tertiary/aromatic N) is 3. The third-order valence-corrected chi connectivity index (χ3v) is 4.50. The van der Waals surface area contributed by atoms with Crippen LogP contribution in [0.1, 0.15) is 39.5 Å². The largest absolute Gasteiger partial charge is 0.354 e. The molecule has 2 heterocycles. The molecule has 5 heteroatoms. The van der Waals surface area contributed by atoms with Crippen molar-refractivity contribution in [2.45, 2.75) is 39.5 Å². The Kier molecular flexibility index (Phi) is 4.05. The summed E-state index contributed by atoms with van der Waals surface area (Å²) < 4.78 is 13.7. The third kappa shape index (κ3) is 2.58. The number of anilines is 1. The Morgan fingerprint density at radius 1 is 1.33 bits per heavy atom. The predicted molar refractivity (Wildman–Crippen MR) is 71.5 cm³/mol. The molecule has 1 fully saturated rings. The molecule has 0 amide bonds. The monoisotopic (exact) mass is 271 g/mol. The van der Waals surface area contributed by atoms with E-state index in [1.807, 2.05) is 4.90 Å². The summed E-state index contributed by atoms with van der Waals surface area (Å²) in [6.45, 7) is 6.15. The lowest BCUT2D eigenvalue weighted by molar-refractivity contribution is 0.198. The third-order valence-electron chi connectivity index (χ3n) is 4.32. The average Bonchev–Trinajstić information content (AvgIpc) is 2.42. The van der Waals surface area contributed by atoms with Crippen molar-refractivity contribution in [3.8, 4) is 0 Å². The molecular formula is C13H19ClFN3. The predicted octanol–water partition coefficient (Wildman–Crippen LogP) is 3.68. The first-order valence-corrected chi connectivity index (χ1v) is 6.91. The van der Waals surface area contributed by atoms with Crippen LogP contribution in [-0.4, -0.2) is 23.1 Å². The Balaban J connectivity index is 2.12. The number of hydrogen-bond acceptors (Lipinski definition) is 3. The van der Waals surface area contributed by atoms with Gasteiger partial charge in [0.05, 0.1) is 6.20 Å². The van der Waals surface area contributed by atoms with Gasteiger partial charge in [0.25, 0.3) is 0 Å². The first kappa shape index (κ1) is 13.5. The summed E-state index contributed by atoms with van der Waals surface area (Å²) in [5.41, 5.74) is 0.420. The smallest absolute Gasteiger partial charge is 0.224 e. The molecule has 0 bridgehead atoms. The molecule has 0 unspecified atom stereocenters. The molecule has 0 radical (unpaired) electrons. The minimum atomic E-state index is -0.389. The van der Waals surface area contributed by atoms with E-state index in [4.69, 9.17) is 11.6 Å². The highest BCUT2D eigenvalue weighted by molar-refractivity contribution is 6.28. The second-order valence-electron chi connectivity index (χ2n) is 5.00. The van der Waals surface area contributed by atoms with E-state index in [-0.39, 0.29) is 11.1 Å². The van der Waals surface area contributed by atoms with E-state index in [2.05, 4.69) is 23.8 Å². The van der Waals surface area contributed by atoms with Crippen molar-refractivity contribution in [3.05, 3.63) is 17.3 Å². The maximum Gasteiger partial charge on any atom is 0.224 e. The van der Waals surface area contributed by atoms with Gasteiger partial charge < -0.3 is 4.90 Å². The molecular weight excluding hydrogens is 253 g/mol. The van der Waals surface area contributed by atoms with Crippen LogP contribution in [-0.2, 0) is 0 Å². The van der Waals surface area contributed by atoms with Gasteiger partial charge in [-0.2, -0.15) is 4.98 Å². The van der Waals surface area contributed by atoms with E-state index in [0.717, 1.165) is 32.1 Å². The van der Waals surface area contributed by atoms with Crippen LogP contribution in [0.2, 0.25) is 5.28 Å². The summed E-state index contributed by atoms with van der Waals surface area (Å²) in [5, 5.41) is 0.106. The molecule has 1 saturated heterocycles. The maximum absolute atomic E-state index is 13.7. The highest BCUT2D eigenvalue weighted by atomic mass is 35.5. The van der Waals surface area contributed by atoms with Crippen molar-refractivity contribution in [2.24, 2.45) is 5.41 Å². The van der Waals surface area contributed by atoms with Crippen LogP contribution >= 0.6 is 11.6 Å². The number of hydrogen-bond donors (Lipinski definition) is 0. The summed E-state index contributed by atoms with van der Waals surface area (Å²) in [7, 11) is 0. The zero-order chi connectivity index (χ0) is 13.2. The second-order valence-corrected chi connectivity index (χ2v) is 5.34. The van der Waals surface area contributed by atoms with Gasteiger partial charge in [0.1, 0.15) is 0 Å². The Hall–Kier alpha value is -0.900. The highest BCUT2D eigenvalue weighted by Gasteiger charge is 2.32. The van der Waals surface area contributed by atoms with Crippen LogP contribution in [0.15, 0.2) is 6.20 Å². The fraction of sp³-hybridized carbons (Fsp3) is 0.692. The molecule has 0 spiro atoms. The molecule has 100 valence electrons. The SMILES string of the molecule is CCC1(CC)CCN(c2nc(Cl)ncc2F)CC1. The van der Waals surface area contributed by atoms with Gasteiger partial charge in [-0.1, -0.05) is 26.7 Å². The van der Waals surface area contributed by atoms with E-state index >= 15 is 0 Å². The van der Waals surface area contributed by atoms with Gasteiger partial charge in [0.2, 0.25) is 5.28 Å². The van der Waals surface area contributed by atoms with Gasteiger partial charge >= 0.3 is 0 Å². The molecule has 3 nitrogen and oxygen atoms in total. The van der Waals surface area contributed by atoms with Gasteiger partial charge in [-0.25, -0.2) is 9.37 Å². The van der Waals surface area contributed by atoms with Crippen LogP contribution in [0.4, 0.5) is 10.2 Å². The van der Waals surface area contributed by atoms with E-state index in [1.54, 1.807) is 0 Å². The zero-order valence-corrected chi connectivity index (χ0v) is 11.7. The summed E-state index contributed by atoms with van der Waals surface area (Å²) in [4.78, 5) is 9.63. The summed E-state index contributed by atoms with van der Waals surface area (Å²) in [5.74, 6) is -0.0456. The first-order valence-electron chi connectivity index (χ1n) is 6.53. The number of aromatic nitrogens is 2. The van der Waals surface area contributed by atoms with E-state index < -0.39 is 0 Å². The van der Waals surface area contributed by atoms with Crippen molar-refractivity contribution in [3.63, 3.8) is 0 Å². The number of piperidine rings is 1. The molecule has 1 aromatic rings. The lowest BCUT2D eigenvalue weighted by atomic mass is 9.74. The highest BCUT2D eigenvalue weighted by Crippen LogP contribution is 2.39. The topological polar surface area (TPSA) is 29.0 Å². The fourth-order valence-electron chi connectivity index (χ4n) is 2.71. The maximum atomic E-state index is 13.7. The van der Waals surface area contributed by atoms with Gasteiger partial charge in [-0.05, 0) is 29.9 Å². The van der Waals surface area contributed by atoms with Crippen LogP contribution in [0.5, 0.6) is 0 Å². The van der Waals surface area contributed by atoms with Crippen LogP contribution in [0.25, 0.3) is 0 Å². The van der Waals surface area contributed by atoms with E-state index in [0.29, 0.717) is 11.2 Å². The van der Waals surface area contributed by atoms with Gasteiger partial charge in [0, 0.05) is 13.1 Å². The zero-order valence-electron chi connectivity index (χ0n) is 10.9. The van der Waals surface area contributed by atoms with Gasteiger partial charge in [-0.3, -0.25) is 0 Å². The number of halogens is 2. The summed E-state index contributed by atoms with van der Waals surface area (Å²) in [6.07, 6.45) is 5.68. The van der Waals surface area contributed by atoms with Crippen molar-refractivity contribution in [1.82, 2.24) is 9.97 Å². The van der Waals surface area contributed by atoms with Crippen LogP contribution < -0.4 is 4.90 Å². The molecule has 0 atom stereocenters. The lowest BCUT2D eigenvalue weighted by Crippen LogP contribution is -2.40. The standard InChI is InChI=1S/C13H19ClFN3/c1-3-13(4-2)5-7-18(8-6-13)11-10(15)9-16-12(14)17-11/h9H,3-8H2,1-2H3. The Morgan fingerprint density at radius 3 is 2.50 bits per heavy atom. The quantitative estimate of drug-likeness (QED) is 0.786. The molecule has 1 aliphatic heterocycles. The van der Waals surface area contributed by atoms with Crippen molar-refractivity contribution < 1.29 is 4.39 Å². The normalized spacial score (nSPS) is 19.0. The average molecular weight is 272 g/mol. The van der Waals surface area contributed by atoms with Gasteiger partial charge in [0.15, 0.2) is 11.6 Å². The molecule has 0 aliphatic carbocycles. The molecule has 1 aliphatic rings. The van der Waals surface area contributed by atoms with Crippen LogP contribution in [0.3, 0.4) is 0 Å². The summed E-state index contributed by atoms with van der Waals surface area (Å²) in [6, 6.07) is 0. The number of rotatable bonds is 3. The minimum Gasteiger partial charge on any atom is -0.354 e. The summed E-state index contributed by atoms with van der Waals surface area (Å²) >= 11 is 5.73. The lowest BCUT2D eigenvalue weighted by Gasteiger charge is -2.41. The van der Waals surface area contributed by atoms with Crippen LogP contribution in [0, 0.1) is 11.2 Å². The molecule has 18 heavy (non-hydrogen) atoms. The first-order chi connectivity index (χ1) is 8.60. The van der Waals surface area contributed by atoms with Gasteiger partial charge in [-0.15, -0.1) is 0 Å². The molecule has 2 rings (SSSR count). The fourth-order valence-corrected chi connectivity index (χ4v) is 2.84. The molecule has 0 N–H and O–H groups in total. The minimum absolute atomic E-state index is 0.106. The Morgan fingerprint density at radius 2 is 1.94 bits per heavy atom. The Bertz CT molecular complexity index is 411. The molecule has 0 saturated carbocycles. The Labute approximate surface area is 112 Å².